The molecule has 1 aromatic heterocycles. The van der Waals surface area contributed by atoms with E-state index in [-0.39, 0.29) is 0 Å². The molecule has 0 saturated carbocycles. The summed E-state index contributed by atoms with van der Waals surface area (Å²) in [5.41, 5.74) is 17.9. The minimum Gasteiger partial charge on any atom is -0.401 e. The van der Waals surface area contributed by atoms with E-state index in [0.717, 1.165) is 5.56 Å². The number of hydrogen-bond donors (Lipinski definition) is 3. The molecule has 0 atom stereocenters. The van der Waals surface area contributed by atoms with Crippen LogP contribution in [-0.4, -0.2) is 16.3 Å². The molecule has 0 aliphatic rings. The quantitative estimate of drug-likeness (QED) is 0.634. The zero-order chi connectivity index (χ0) is 11.1. The van der Waals surface area contributed by atoms with Gasteiger partial charge in [-0.1, -0.05) is 13.8 Å². The highest BCUT2D eigenvalue weighted by Gasteiger charge is 2.00. The van der Waals surface area contributed by atoms with Crippen LogP contribution in [0.5, 0.6) is 0 Å². The van der Waals surface area contributed by atoms with Gasteiger partial charge in [0.25, 0.3) is 0 Å². The average molecular weight is 197 g/mol. The fourth-order valence-electron chi connectivity index (χ4n) is 0.834. The smallest absolute Gasteiger partial charge is 0.128 e. The molecule has 1 aromatic rings. The monoisotopic (exact) mass is 197 g/mol. The number of aromatic nitrogens is 2. The van der Waals surface area contributed by atoms with Gasteiger partial charge in [0.1, 0.15) is 5.82 Å². The highest BCUT2D eigenvalue weighted by molar-refractivity contribution is 5.62. The molecule has 0 bridgehead atoms. The summed E-state index contributed by atoms with van der Waals surface area (Å²) in [4.78, 5) is 0. The van der Waals surface area contributed by atoms with Crippen LogP contribution in [0.25, 0.3) is 6.08 Å². The summed E-state index contributed by atoms with van der Waals surface area (Å²) in [7, 11) is 1.77. The van der Waals surface area contributed by atoms with E-state index in [0.29, 0.717) is 18.1 Å². The molecule has 0 saturated heterocycles. The lowest BCUT2D eigenvalue weighted by atomic mass is 10.2. The first-order chi connectivity index (χ1) is 6.65. The van der Waals surface area contributed by atoms with Gasteiger partial charge in [0.2, 0.25) is 0 Å². The van der Waals surface area contributed by atoms with Gasteiger partial charge in [0.05, 0.1) is 6.20 Å². The van der Waals surface area contributed by atoms with Gasteiger partial charge in [-0.2, -0.15) is 5.10 Å². The second kappa shape index (κ2) is 6.04. The molecule has 80 valence electrons. The minimum absolute atomic E-state index is 0.328. The SMILES string of the molecule is CC.Cn1ncc(/C=C(\N)CN)c1N. The topological polar surface area (TPSA) is 95.9 Å². The van der Waals surface area contributed by atoms with E-state index in [2.05, 4.69) is 5.10 Å². The van der Waals surface area contributed by atoms with Crippen molar-refractivity contribution in [3.63, 3.8) is 0 Å². The summed E-state index contributed by atoms with van der Waals surface area (Å²) in [6.07, 6.45) is 3.38. The van der Waals surface area contributed by atoms with Crippen LogP contribution in [0.1, 0.15) is 19.4 Å². The van der Waals surface area contributed by atoms with Crippen molar-refractivity contribution in [1.82, 2.24) is 9.78 Å². The largest absolute Gasteiger partial charge is 0.401 e. The number of nitrogens with two attached hydrogens (primary N) is 3. The average Bonchev–Trinajstić information content (AvgIpc) is 2.52. The maximum Gasteiger partial charge on any atom is 0.128 e. The van der Waals surface area contributed by atoms with Crippen LogP contribution >= 0.6 is 0 Å². The van der Waals surface area contributed by atoms with E-state index in [1.54, 1.807) is 24.0 Å². The first-order valence-electron chi connectivity index (χ1n) is 4.58. The van der Waals surface area contributed by atoms with E-state index in [4.69, 9.17) is 17.2 Å². The van der Waals surface area contributed by atoms with E-state index in [9.17, 15) is 0 Å². The number of aryl methyl sites for hydroxylation is 1. The highest BCUT2D eigenvalue weighted by atomic mass is 15.3. The Kier molecular flexibility index (Phi) is 5.40. The zero-order valence-electron chi connectivity index (χ0n) is 8.99. The summed E-state index contributed by atoms with van der Waals surface area (Å²) in [5, 5.41) is 3.95. The fourth-order valence-corrected chi connectivity index (χ4v) is 0.834. The Labute approximate surface area is 84.6 Å². The summed E-state index contributed by atoms with van der Waals surface area (Å²) in [5.74, 6) is 0.589. The van der Waals surface area contributed by atoms with Gasteiger partial charge in [-0.25, -0.2) is 0 Å². The maximum atomic E-state index is 5.67. The van der Waals surface area contributed by atoms with Gasteiger partial charge in [0.15, 0.2) is 0 Å². The van der Waals surface area contributed by atoms with E-state index in [1.165, 1.54) is 0 Å². The van der Waals surface area contributed by atoms with Gasteiger partial charge >= 0.3 is 0 Å². The molecule has 0 unspecified atom stereocenters. The fraction of sp³-hybridized carbons (Fsp3) is 0.444. The third-order valence-electron chi connectivity index (χ3n) is 1.59. The van der Waals surface area contributed by atoms with Crippen LogP contribution < -0.4 is 17.2 Å². The number of nitrogen functional groups attached to an aromatic ring is 1. The molecular weight excluding hydrogens is 178 g/mol. The Bertz CT molecular complexity index is 300. The van der Waals surface area contributed by atoms with Crippen molar-refractivity contribution in [3.05, 3.63) is 17.5 Å². The van der Waals surface area contributed by atoms with Gasteiger partial charge in [-0.05, 0) is 6.08 Å². The molecule has 0 fully saturated rings. The van der Waals surface area contributed by atoms with Crippen LogP contribution in [0.3, 0.4) is 0 Å². The van der Waals surface area contributed by atoms with Crippen molar-refractivity contribution in [1.29, 1.82) is 0 Å². The lowest BCUT2D eigenvalue weighted by Crippen LogP contribution is -2.10. The molecule has 5 nitrogen and oxygen atoms in total. The third-order valence-corrected chi connectivity index (χ3v) is 1.59. The van der Waals surface area contributed by atoms with Gasteiger partial charge in [0, 0.05) is 24.9 Å². The predicted octanol–water partition coefficient (Wildman–Crippen LogP) is 0.287. The first kappa shape index (κ1) is 12.5. The lowest BCUT2D eigenvalue weighted by Gasteiger charge is -1.96. The molecule has 5 heteroatoms. The number of nitrogens with zero attached hydrogens (tertiary/aromatic N) is 2. The second-order valence-electron chi connectivity index (χ2n) is 2.53. The summed E-state index contributed by atoms with van der Waals surface area (Å²) >= 11 is 0. The number of hydrogen-bond acceptors (Lipinski definition) is 4. The van der Waals surface area contributed by atoms with Crippen LogP contribution in [0.15, 0.2) is 11.9 Å². The van der Waals surface area contributed by atoms with Crippen LogP contribution in [-0.2, 0) is 7.05 Å². The lowest BCUT2D eigenvalue weighted by molar-refractivity contribution is 0.779. The summed E-state index contributed by atoms with van der Waals surface area (Å²) in [6.45, 7) is 4.33. The van der Waals surface area contributed by atoms with E-state index >= 15 is 0 Å². The number of rotatable bonds is 2. The molecule has 0 aromatic carbocycles. The highest BCUT2D eigenvalue weighted by Crippen LogP contribution is 2.11. The minimum atomic E-state index is 0.328. The van der Waals surface area contributed by atoms with Crippen molar-refractivity contribution < 1.29 is 0 Å². The van der Waals surface area contributed by atoms with E-state index < -0.39 is 0 Å². The molecule has 0 spiro atoms. The molecule has 0 aliphatic carbocycles. The third kappa shape index (κ3) is 3.10. The first-order valence-corrected chi connectivity index (χ1v) is 4.58. The van der Waals surface area contributed by atoms with Crippen LogP contribution in [0, 0.1) is 0 Å². The molecule has 0 radical (unpaired) electrons. The molecule has 6 N–H and O–H groups in total. The summed E-state index contributed by atoms with van der Waals surface area (Å²) in [6, 6.07) is 0. The maximum absolute atomic E-state index is 5.67. The van der Waals surface area contributed by atoms with E-state index in [1.807, 2.05) is 13.8 Å². The molecule has 0 amide bonds. The van der Waals surface area contributed by atoms with Crippen molar-refractivity contribution in [3.8, 4) is 0 Å². The van der Waals surface area contributed by atoms with Crippen molar-refractivity contribution in [2.75, 3.05) is 12.3 Å². The molecule has 0 aliphatic heterocycles. The van der Waals surface area contributed by atoms with Crippen molar-refractivity contribution in [2.24, 2.45) is 18.5 Å². The van der Waals surface area contributed by atoms with Gasteiger partial charge in [-0.15, -0.1) is 0 Å². The van der Waals surface area contributed by atoms with Crippen molar-refractivity contribution in [2.45, 2.75) is 13.8 Å². The Hall–Kier alpha value is -1.49. The Morgan fingerprint density at radius 3 is 2.50 bits per heavy atom. The molecule has 14 heavy (non-hydrogen) atoms. The van der Waals surface area contributed by atoms with Crippen molar-refractivity contribution >= 4 is 11.9 Å². The molecular formula is C9H19N5. The summed E-state index contributed by atoms with van der Waals surface area (Å²) < 4.78 is 1.58. The van der Waals surface area contributed by atoms with Gasteiger partial charge < -0.3 is 17.2 Å². The molecule has 1 rings (SSSR count). The van der Waals surface area contributed by atoms with Crippen LogP contribution in [0.4, 0.5) is 5.82 Å². The Morgan fingerprint density at radius 1 is 1.57 bits per heavy atom. The Morgan fingerprint density at radius 2 is 2.14 bits per heavy atom. The second-order valence-corrected chi connectivity index (χ2v) is 2.53. The van der Waals surface area contributed by atoms with Crippen LogP contribution in [0.2, 0.25) is 0 Å². The molecule has 1 heterocycles. The standard InChI is InChI=1S/C7H13N5.C2H6/c1-12-7(10)5(4-11-12)2-6(9)3-8;1-2/h2,4H,3,8-10H2,1H3;1-2H3/b6-2-;. The normalized spacial score (nSPS) is 10.7. The predicted molar refractivity (Wildman–Crippen MR) is 60.2 cm³/mol. The van der Waals surface area contributed by atoms with Gasteiger partial charge in [-0.3, -0.25) is 4.68 Å². The number of anilines is 1. The Balaban J connectivity index is 0.000000791. The zero-order valence-corrected chi connectivity index (χ0v) is 8.99.